The molecule has 68 valence electrons. The highest BCUT2D eigenvalue weighted by Crippen LogP contribution is 2.11. The topological polar surface area (TPSA) is 44.0 Å². The Morgan fingerprint density at radius 2 is 1.77 bits per heavy atom. The van der Waals surface area contributed by atoms with E-state index in [1.165, 1.54) is 5.56 Å². The molecule has 13 heavy (non-hydrogen) atoms. The van der Waals surface area contributed by atoms with Gasteiger partial charge in [0.1, 0.15) is 0 Å². The fourth-order valence-corrected chi connectivity index (χ4v) is 1.36. The van der Waals surface area contributed by atoms with E-state index in [1.807, 2.05) is 24.3 Å². The fraction of sp³-hybridized carbons (Fsp3) is 0.364. The zero-order valence-corrected chi connectivity index (χ0v) is 7.53. The van der Waals surface area contributed by atoms with Crippen molar-refractivity contribution >= 4 is 0 Å². The van der Waals surface area contributed by atoms with Gasteiger partial charge in [0.2, 0.25) is 0 Å². The van der Waals surface area contributed by atoms with Gasteiger partial charge in [0.25, 0.3) is 0 Å². The molecule has 0 aliphatic heterocycles. The van der Waals surface area contributed by atoms with E-state index in [2.05, 4.69) is 6.07 Å². The molecule has 1 N–H and O–H groups in total. The van der Waals surface area contributed by atoms with E-state index < -0.39 is 0 Å². The number of aryl methyl sites for hydroxylation is 1. The zero-order chi connectivity index (χ0) is 9.52. The van der Waals surface area contributed by atoms with Crippen molar-refractivity contribution < 1.29 is 5.11 Å². The van der Waals surface area contributed by atoms with Crippen LogP contribution in [0.15, 0.2) is 24.3 Å². The molecule has 0 fully saturated rings. The summed E-state index contributed by atoms with van der Waals surface area (Å²) in [6.45, 7) is 0.170. The van der Waals surface area contributed by atoms with Crippen molar-refractivity contribution in [2.45, 2.75) is 19.3 Å². The minimum atomic E-state index is 0.170. The summed E-state index contributed by atoms with van der Waals surface area (Å²) in [6, 6.07) is 10.1. The average molecular weight is 175 g/mol. The molecule has 0 saturated heterocycles. The van der Waals surface area contributed by atoms with Crippen LogP contribution in [0.4, 0.5) is 0 Å². The molecule has 1 rings (SSSR count). The minimum Gasteiger partial charge on any atom is -0.396 e. The predicted octanol–water partition coefficient (Wildman–Crippen LogP) is 1.68. The van der Waals surface area contributed by atoms with Crippen LogP contribution in [0.1, 0.15) is 17.5 Å². The molecule has 0 bridgehead atoms. The Morgan fingerprint density at radius 1 is 1.15 bits per heavy atom. The van der Waals surface area contributed by atoms with Crippen molar-refractivity contribution in [2.24, 2.45) is 0 Å². The Balaban J connectivity index is 2.73. The van der Waals surface area contributed by atoms with Gasteiger partial charge in [0, 0.05) is 13.0 Å². The third-order valence-electron chi connectivity index (χ3n) is 2.01. The van der Waals surface area contributed by atoms with Gasteiger partial charge in [-0.25, -0.2) is 0 Å². The molecule has 0 spiro atoms. The molecule has 0 aromatic heterocycles. The molecule has 1 aromatic rings. The second kappa shape index (κ2) is 5.34. The van der Waals surface area contributed by atoms with Crippen LogP contribution in [0, 0.1) is 11.3 Å². The van der Waals surface area contributed by atoms with Gasteiger partial charge in [-0.15, -0.1) is 0 Å². The van der Waals surface area contributed by atoms with Crippen LogP contribution in [0.5, 0.6) is 0 Å². The van der Waals surface area contributed by atoms with Crippen molar-refractivity contribution in [2.75, 3.05) is 6.61 Å². The van der Waals surface area contributed by atoms with Crippen LogP contribution >= 0.6 is 0 Å². The maximum Gasteiger partial charge on any atom is 0.0625 e. The summed E-state index contributed by atoms with van der Waals surface area (Å²) in [6.07, 6.45) is 2.01. The van der Waals surface area contributed by atoms with E-state index in [-0.39, 0.29) is 6.61 Å². The first-order chi connectivity index (χ1) is 6.38. The summed E-state index contributed by atoms with van der Waals surface area (Å²) in [5, 5.41) is 17.3. The van der Waals surface area contributed by atoms with Crippen LogP contribution in [0.3, 0.4) is 0 Å². The lowest BCUT2D eigenvalue weighted by Crippen LogP contribution is -1.96. The Morgan fingerprint density at radius 3 is 2.31 bits per heavy atom. The molecular formula is C11H13NO. The van der Waals surface area contributed by atoms with Crippen LogP contribution in [-0.2, 0) is 12.8 Å². The number of nitrogens with zero attached hydrogens (tertiary/aromatic N) is 1. The lowest BCUT2D eigenvalue weighted by atomic mass is 10.0. The van der Waals surface area contributed by atoms with E-state index in [1.54, 1.807) is 0 Å². The molecule has 0 radical (unpaired) electrons. The number of hydrogen-bond donors (Lipinski definition) is 1. The number of aliphatic hydroxyl groups is 1. The number of nitriles is 1. The smallest absolute Gasteiger partial charge is 0.0625 e. The monoisotopic (exact) mass is 175 g/mol. The van der Waals surface area contributed by atoms with E-state index >= 15 is 0 Å². The van der Waals surface area contributed by atoms with Crippen molar-refractivity contribution in [3.05, 3.63) is 35.4 Å². The molecule has 2 nitrogen and oxygen atoms in total. The molecule has 0 atom stereocenters. The van der Waals surface area contributed by atoms with Gasteiger partial charge in [-0.05, 0) is 24.0 Å². The van der Waals surface area contributed by atoms with Crippen LogP contribution in [-0.4, -0.2) is 11.7 Å². The standard InChI is InChI=1S/C11H13NO/c12-8-3-6-10-4-1-2-5-11(10)7-9-13/h1-2,4-5,13H,3,6-7,9H2. The van der Waals surface area contributed by atoms with Crippen molar-refractivity contribution in [3.63, 3.8) is 0 Å². The van der Waals surface area contributed by atoms with Crippen molar-refractivity contribution in [1.82, 2.24) is 0 Å². The Labute approximate surface area is 78.4 Å². The number of benzene rings is 1. The molecular weight excluding hydrogens is 162 g/mol. The third-order valence-corrected chi connectivity index (χ3v) is 2.01. The summed E-state index contributed by atoms with van der Waals surface area (Å²) >= 11 is 0. The predicted molar refractivity (Wildman–Crippen MR) is 51.2 cm³/mol. The first kappa shape index (κ1) is 9.76. The van der Waals surface area contributed by atoms with Gasteiger partial charge >= 0.3 is 0 Å². The Hall–Kier alpha value is -1.33. The first-order valence-corrected chi connectivity index (χ1v) is 4.43. The van der Waals surface area contributed by atoms with Gasteiger partial charge in [0.15, 0.2) is 0 Å². The van der Waals surface area contributed by atoms with Crippen LogP contribution in [0.2, 0.25) is 0 Å². The lowest BCUT2D eigenvalue weighted by molar-refractivity contribution is 0.299. The van der Waals surface area contributed by atoms with Crippen molar-refractivity contribution in [3.8, 4) is 6.07 Å². The highest BCUT2D eigenvalue weighted by Gasteiger charge is 1.99. The Kier molecular flexibility index (Phi) is 4.01. The SMILES string of the molecule is N#CCCc1ccccc1CCO. The van der Waals surface area contributed by atoms with Gasteiger partial charge in [-0.1, -0.05) is 24.3 Å². The second-order valence-electron chi connectivity index (χ2n) is 2.90. The fourth-order valence-electron chi connectivity index (χ4n) is 1.36. The molecule has 0 saturated carbocycles. The van der Waals surface area contributed by atoms with Gasteiger partial charge in [-0.3, -0.25) is 0 Å². The van der Waals surface area contributed by atoms with Crippen molar-refractivity contribution in [1.29, 1.82) is 5.26 Å². The largest absolute Gasteiger partial charge is 0.396 e. The summed E-state index contributed by atoms with van der Waals surface area (Å²) in [5.74, 6) is 0. The number of rotatable bonds is 4. The maximum atomic E-state index is 8.80. The van der Waals surface area contributed by atoms with Crippen LogP contribution in [0.25, 0.3) is 0 Å². The number of hydrogen-bond acceptors (Lipinski definition) is 2. The van der Waals surface area contributed by atoms with Gasteiger partial charge < -0.3 is 5.11 Å². The lowest BCUT2D eigenvalue weighted by Gasteiger charge is -2.05. The quantitative estimate of drug-likeness (QED) is 0.756. The molecule has 1 aromatic carbocycles. The normalized spacial score (nSPS) is 9.54. The van der Waals surface area contributed by atoms with Gasteiger partial charge in [-0.2, -0.15) is 5.26 Å². The molecule has 0 aliphatic rings. The summed E-state index contributed by atoms with van der Waals surface area (Å²) in [5.41, 5.74) is 2.33. The summed E-state index contributed by atoms with van der Waals surface area (Å²) < 4.78 is 0. The molecule has 0 unspecified atom stereocenters. The van der Waals surface area contributed by atoms with E-state index in [9.17, 15) is 0 Å². The second-order valence-corrected chi connectivity index (χ2v) is 2.90. The molecule has 0 heterocycles. The maximum absolute atomic E-state index is 8.80. The van der Waals surface area contributed by atoms with Gasteiger partial charge in [0.05, 0.1) is 6.07 Å². The van der Waals surface area contributed by atoms with E-state index in [0.29, 0.717) is 12.8 Å². The highest BCUT2D eigenvalue weighted by molar-refractivity contribution is 5.27. The Bertz CT molecular complexity index is 301. The minimum absolute atomic E-state index is 0.170. The molecule has 0 amide bonds. The highest BCUT2D eigenvalue weighted by atomic mass is 16.2. The van der Waals surface area contributed by atoms with E-state index in [4.69, 9.17) is 10.4 Å². The average Bonchev–Trinajstić information content (AvgIpc) is 2.17. The third kappa shape index (κ3) is 2.89. The van der Waals surface area contributed by atoms with Crippen LogP contribution < -0.4 is 0 Å². The molecule has 0 aliphatic carbocycles. The summed E-state index contributed by atoms with van der Waals surface area (Å²) in [7, 11) is 0. The zero-order valence-electron chi connectivity index (χ0n) is 7.53. The van der Waals surface area contributed by atoms with E-state index in [0.717, 1.165) is 12.0 Å². The first-order valence-electron chi connectivity index (χ1n) is 4.43. The molecule has 2 heteroatoms. The summed E-state index contributed by atoms with van der Waals surface area (Å²) in [4.78, 5) is 0. The number of aliphatic hydroxyl groups excluding tert-OH is 1.